The van der Waals surface area contributed by atoms with Gasteiger partial charge >= 0.3 is 5.97 Å². The molecule has 0 unspecified atom stereocenters. The molecule has 0 amide bonds. The van der Waals surface area contributed by atoms with Gasteiger partial charge in [0, 0.05) is 28.3 Å². The lowest BCUT2D eigenvalue weighted by molar-refractivity contribution is -0.00114. The van der Waals surface area contributed by atoms with Crippen LogP contribution in [0.15, 0.2) is 36.5 Å². The van der Waals surface area contributed by atoms with Gasteiger partial charge in [0.05, 0.1) is 31.9 Å². The predicted octanol–water partition coefficient (Wildman–Crippen LogP) is 3.58. The molecule has 1 aromatic heterocycles. The average Bonchev–Trinajstić information content (AvgIpc) is 2.87. The molecule has 1 aliphatic rings. The highest BCUT2D eigenvalue weighted by Gasteiger charge is 2.23. The molecule has 1 atom stereocenters. The lowest BCUT2D eigenvalue weighted by atomic mass is 10.1. The summed E-state index contributed by atoms with van der Waals surface area (Å²) in [6.45, 7) is 9.82. The molecule has 25 heavy (non-hydrogen) atoms. The zero-order valence-electron chi connectivity index (χ0n) is 15.2. The Morgan fingerprint density at radius 3 is 2.80 bits per heavy atom. The number of esters is 1. The molecule has 2 heterocycles. The van der Waals surface area contributed by atoms with Gasteiger partial charge in [0.15, 0.2) is 0 Å². The van der Waals surface area contributed by atoms with E-state index in [4.69, 9.17) is 9.47 Å². The summed E-state index contributed by atoms with van der Waals surface area (Å²) in [5, 5.41) is 4.35. The van der Waals surface area contributed by atoms with E-state index in [2.05, 4.69) is 29.5 Å². The minimum absolute atomic E-state index is 0.250. The standard InChI is InChI=1S/C20H26N2O3/c1-13(21-16-11-25-12-16)9-10-14(2)22-15(3)19(20(23)24-4)17-7-5-6-8-18(17)22/h5-8,14,16,21H,1,9-12H2,2-4H3/t14-/m1/s1. The molecule has 2 aromatic rings. The van der Waals surface area contributed by atoms with Gasteiger partial charge in [0.2, 0.25) is 0 Å². The first-order chi connectivity index (χ1) is 12.0. The van der Waals surface area contributed by atoms with Gasteiger partial charge in [-0.1, -0.05) is 24.8 Å². The molecule has 1 aromatic carbocycles. The first-order valence-corrected chi connectivity index (χ1v) is 8.72. The number of para-hydroxylation sites is 1. The maximum atomic E-state index is 12.2. The Bertz CT molecular complexity index is 790. The van der Waals surface area contributed by atoms with E-state index in [1.54, 1.807) is 0 Å². The third kappa shape index (κ3) is 3.42. The number of ether oxygens (including phenoxy) is 2. The van der Waals surface area contributed by atoms with E-state index in [-0.39, 0.29) is 12.0 Å². The number of rotatable bonds is 7. The molecule has 3 rings (SSSR count). The van der Waals surface area contributed by atoms with E-state index in [9.17, 15) is 4.79 Å². The third-order valence-electron chi connectivity index (χ3n) is 4.90. The van der Waals surface area contributed by atoms with Crippen LogP contribution in [0.5, 0.6) is 0 Å². The van der Waals surface area contributed by atoms with Crippen molar-refractivity contribution in [1.29, 1.82) is 0 Å². The van der Waals surface area contributed by atoms with Crippen LogP contribution in [0.2, 0.25) is 0 Å². The number of carbonyl (C=O) groups excluding carboxylic acids is 1. The highest BCUT2D eigenvalue weighted by atomic mass is 16.5. The minimum atomic E-state index is -0.282. The van der Waals surface area contributed by atoms with E-state index in [0.29, 0.717) is 11.6 Å². The van der Waals surface area contributed by atoms with Gasteiger partial charge in [-0.2, -0.15) is 0 Å². The number of hydrogen-bond donors (Lipinski definition) is 1. The molecule has 5 nitrogen and oxygen atoms in total. The fourth-order valence-corrected chi connectivity index (χ4v) is 3.51. The number of methoxy groups -OCH3 is 1. The van der Waals surface area contributed by atoms with Crippen LogP contribution in [0.3, 0.4) is 0 Å². The van der Waals surface area contributed by atoms with Crippen molar-refractivity contribution in [3.05, 3.63) is 47.8 Å². The Balaban J connectivity index is 1.80. The van der Waals surface area contributed by atoms with Crippen LogP contribution in [0, 0.1) is 6.92 Å². The first-order valence-electron chi connectivity index (χ1n) is 8.72. The van der Waals surface area contributed by atoms with E-state index < -0.39 is 0 Å². The Kier molecular flexibility index (Phi) is 5.13. The summed E-state index contributed by atoms with van der Waals surface area (Å²) < 4.78 is 12.4. The zero-order chi connectivity index (χ0) is 18.0. The average molecular weight is 342 g/mol. The van der Waals surface area contributed by atoms with Crippen molar-refractivity contribution in [2.24, 2.45) is 0 Å². The Morgan fingerprint density at radius 1 is 1.44 bits per heavy atom. The van der Waals surface area contributed by atoms with Gasteiger partial charge in [-0.05, 0) is 32.8 Å². The van der Waals surface area contributed by atoms with E-state index in [0.717, 1.165) is 48.3 Å². The summed E-state index contributed by atoms with van der Waals surface area (Å²) >= 11 is 0. The second kappa shape index (κ2) is 7.31. The molecule has 1 aliphatic heterocycles. The Morgan fingerprint density at radius 2 is 2.16 bits per heavy atom. The normalized spacial score (nSPS) is 15.6. The number of nitrogens with zero attached hydrogens (tertiary/aromatic N) is 1. The molecule has 1 fully saturated rings. The van der Waals surface area contributed by atoms with Crippen LogP contribution >= 0.6 is 0 Å². The van der Waals surface area contributed by atoms with Crippen molar-refractivity contribution in [2.45, 2.75) is 38.8 Å². The second-order valence-electron chi connectivity index (χ2n) is 6.71. The fourth-order valence-electron chi connectivity index (χ4n) is 3.51. The maximum Gasteiger partial charge on any atom is 0.340 e. The van der Waals surface area contributed by atoms with Crippen molar-refractivity contribution in [3.8, 4) is 0 Å². The SMILES string of the molecule is C=C(CC[C@@H](C)n1c(C)c(C(=O)OC)c2ccccc21)NC1COC1. The Hall–Kier alpha value is -2.27. The van der Waals surface area contributed by atoms with E-state index in [1.807, 2.05) is 25.1 Å². The third-order valence-corrected chi connectivity index (χ3v) is 4.90. The van der Waals surface area contributed by atoms with Crippen LogP contribution in [0.1, 0.15) is 41.9 Å². The predicted molar refractivity (Wildman–Crippen MR) is 98.8 cm³/mol. The highest BCUT2D eigenvalue weighted by Crippen LogP contribution is 2.31. The van der Waals surface area contributed by atoms with Gasteiger partial charge in [-0.15, -0.1) is 0 Å². The summed E-state index contributed by atoms with van der Waals surface area (Å²) in [5.41, 5.74) is 3.72. The number of benzene rings is 1. The summed E-state index contributed by atoms with van der Waals surface area (Å²) in [6, 6.07) is 8.65. The number of fused-ring (bicyclic) bond motifs is 1. The molecule has 0 saturated carbocycles. The maximum absolute atomic E-state index is 12.2. The Labute approximate surface area is 148 Å². The van der Waals surface area contributed by atoms with Gasteiger partial charge in [0.1, 0.15) is 0 Å². The van der Waals surface area contributed by atoms with Crippen LogP contribution in [-0.4, -0.2) is 36.9 Å². The van der Waals surface area contributed by atoms with E-state index >= 15 is 0 Å². The molecule has 134 valence electrons. The van der Waals surface area contributed by atoms with E-state index in [1.165, 1.54) is 7.11 Å². The molecule has 0 bridgehead atoms. The van der Waals surface area contributed by atoms with Crippen molar-refractivity contribution in [1.82, 2.24) is 9.88 Å². The van der Waals surface area contributed by atoms with Crippen molar-refractivity contribution < 1.29 is 14.3 Å². The topological polar surface area (TPSA) is 52.5 Å². The van der Waals surface area contributed by atoms with Crippen molar-refractivity contribution in [3.63, 3.8) is 0 Å². The molecule has 5 heteroatoms. The van der Waals surface area contributed by atoms with Gasteiger partial charge in [-0.3, -0.25) is 0 Å². The van der Waals surface area contributed by atoms with Gasteiger partial charge < -0.3 is 19.4 Å². The quantitative estimate of drug-likeness (QED) is 0.782. The van der Waals surface area contributed by atoms with Gasteiger partial charge in [0.25, 0.3) is 0 Å². The van der Waals surface area contributed by atoms with Crippen LogP contribution in [-0.2, 0) is 9.47 Å². The van der Waals surface area contributed by atoms with Crippen molar-refractivity contribution in [2.75, 3.05) is 20.3 Å². The number of allylic oxidation sites excluding steroid dienone is 1. The lowest BCUT2D eigenvalue weighted by Crippen LogP contribution is -2.45. The van der Waals surface area contributed by atoms with Crippen LogP contribution in [0.25, 0.3) is 10.9 Å². The fraction of sp³-hybridized carbons (Fsp3) is 0.450. The molecule has 1 N–H and O–H groups in total. The largest absolute Gasteiger partial charge is 0.465 e. The zero-order valence-corrected chi connectivity index (χ0v) is 15.2. The molecular formula is C20H26N2O3. The number of carbonyl (C=O) groups is 1. The summed E-state index contributed by atoms with van der Waals surface area (Å²) in [7, 11) is 1.43. The number of nitrogens with one attached hydrogen (secondary N) is 1. The molecular weight excluding hydrogens is 316 g/mol. The van der Waals surface area contributed by atoms with Crippen LogP contribution in [0.4, 0.5) is 0 Å². The molecule has 0 spiro atoms. The summed E-state index contributed by atoms with van der Waals surface area (Å²) in [5.74, 6) is -0.282. The summed E-state index contributed by atoms with van der Waals surface area (Å²) in [4.78, 5) is 12.2. The number of hydrogen-bond acceptors (Lipinski definition) is 4. The smallest absolute Gasteiger partial charge is 0.340 e. The molecule has 0 radical (unpaired) electrons. The minimum Gasteiger partial charge on any atom is -0.465 e. The second-order valence-corrected chi connectivity index (χ2v) is 6.71. The number of aromatic nitrogens is 1. The monoisotopic (exact) mass is 342 g/mol. The van der Waals surface area contributed by atoms with Gasteiger partial charge in [-0.25, -0.2) is 4.79 Å². The lowest BCUT2D eigenvalue weighted by Gasteiger charge is -2.29. The highest BCUT2D eigenvalue weighted by molar-refractivity contribution is 6.05. The van der Waals surface area contributed by atoms with Crippen molar-refractivity contribution >= 4 is 16.9 Å². The summed E-state index contributed by atoms with van der Waals surface area (Å²) in [6.07, 6.45) is 1.83. The first kappa shape index (κ1) is 17.5. The molecule has 1 saturated heterocycles. The molecule has 0 aliphatic carbocycles. The van der Waals surface area contributed by atoms with Crippen LogP contribution < -0.4 is 5.32 Å².